The summed E-state index contributed by atoms with van der Waals surface area (Å²) in [6.07, 6.45) is -0.409. The second-order valence-corrected chi connectivity index (χ2v) is 9.00. The van der Waals surface area contributed by atoms with Crippen molar-refractivity contribution in [3.05, 3.63) is 86.8 Å². The summed E-state index contributed by atoms with van der Waals surface area (Å²) in [5.41, 5.74) is -0.0233. The minimum atomic E-state index is -2.01. The summed E-state index contributed by atoms with van der Waals surface area (Å²) in [6, 6.07) is 17.2. The molecule has 2 aliphatic rings. The highest BCUT2D eigenvalue weighted by molar-refractivity contribution is 9.10. The molecule has 32 heavy (non-hydrogen) atoms. The lowest BCUT2D eigenvalue weighted by molar-refractivity contribution is -0.136. The molecule has 0 spiro atoms. The van der Waals surface area contributed by atoms with Crippen LogP contribution in [0.3, 0.4) is 0 Å². The number of carbonyl (C=O) groups is 2. The van der Waals surface area contributed by atoms with Crippen molar-refractivity contribution >= 4 is 44.9 Å². The number of nitrogens with zero attached hydrogens (tertiary/aromatic N) is 1. The highest BCUT2D eigenvalue weighted by atomic mass is 79.9. The molecule has 0 bridgehead atoms. The molecule has 162 valence electrons. The van der Waals surface area contributed by atoms with Crippen LogP contribution in [-0.2, 0) is 16.9 Å². The number of benzene rings is 3. The predicted octanol–water partition coefficient (Wildman–Crippen LogP) is 4.84. The molecule has 3 aromatic rings. The molecule has 2 heterocycles. The van der Waals surface area contributed by atoms with E-state index in [0.717, 1.165) is 5.56 Å². The number of fused-ring (bicyclic) bond motifs is 2. The molecule has 5 rings (SSSR count). The Balaban J connectivity index is 1.50. The van der Waals surface area contributed by atoms with Crippen molar-refractivity contribution in [1.82, 2.24) is 0 Å². The summed E-state index contributed by atoms with van der Waals surface area (Å²) >= 11 is 9.70. The molecule has 0 saturated carbocycles. The van der Waals surface area contributed by atoms with Crippen LogP contribution in [0.1, 0.15) is 27.9 Å². The quantitative estimate of drug-likeness (QED) is 0.493. The molecule has 1 atom stereocenters. The maximum Gasteiger partial charge on any atom is 0.264 e. The van der Waals surface area contributed by atoms with Crippen LogP contribution in [0.15, 0.2) is 65.1 Å². The van der Waals surface area contributed by atoms with Crippen LogP contribution in [0.2, 0.25) is 5.02 Å². The lowest BCUT2D eigenvalue weighted by atomic mass is 9.88. The van der Waals surface area contributed by atoms with E-state index in [9.17, 15) is 14.7 Å². The van der Waals surface area contributed by atoms with Gasteiger partial charge in [-0.3, -0.25) is 9.59 Å². The van der Waals surface area contributed by atoms with Crippen LogP contribution in [0.25, 0.3) is 0 Å². The third-order valence-electron chi connectivity index (χ3n) is 5.69. The Hall–Kier alpha value is -2.87. The van der Waals surface area contributed by atoms with Crippen LogP contribution in [0.5, 0.6) is 11.5 Å². The molecule has 0 radical (unpaired) electrons. The smallest absolute Gasteiger partial charge is 0.264 e. The number of ketones is 1. The van der Waals surface area contributed by atoms with E-state index in [0.29, 0.717) is 37.8 Å². The number of rotatable bonds is 5. The molecule has 0 aromatic heterocycles. The predicted molar refractivity (Wildman–Crippen MR) is 122 cm³/mol. The largest absolute Gasteiger partial charge is 0.454 e. The van der Waals surface area contributed by atoms with Crippen LogP contribution in [0.4, 0.5) is 5.69 Å². The Labute approximate surface area is 197 Å². The fourth-order valence-corrected chi connectivity index (χ4v) is 4.61. The van der Waals surface area contributed by atoms with E-state index < -0.39 is 17.9 Å². The number of hydrogen-bond acceptors (Lipinski definition) is 5. The molecule has 1 amide bonds. The molecular formula is C24H17BrClNO5. The van der Waals surface area contributed by atoms with Gasteiger partial charge in [0.1, 0.15) is 0 Å². The molecule has 1 N–H and O–H groups in total. The first-order valence-corrected chi connectivity index (χ1v) is 11.0. The number of hydrogen-bond donors (Lipinski definition) is 1. The zero-order valence-corrected chi connectivity index (χ0v) is 19.0. The highest BCUT2D eigenvalue weighted by Crippen LogP contribution is 2.45. The minimum absolute atomic E-state index is 0.0911. The van der Waals surface area contributed by atoms with Crippen LogP contribution < -0.4 is 14.4 Å². The third kappa shape index (κ3) is 3.46. The van der Waals surface area contributed by atoms with E-state index in [1.165, 1.54) is 4.90 Å². The Morgan fingerprint density at radius 1 is 1.09 bits per heavy atom. The average Bonchev–Trinajstić information content (AvgIpc) is 3.32. The molecule has 0 fully saturated rings. The summed E-state index contributed by atoms with van der Waals surface area (Å²) in [7, 11) is 0. The van der Waals surface area contributed by atoms with Gasteiger partial charge in [-0.1, -0.05) is 45.7 Å². The van der Waals surface area contributed by atoms with Crippen molar-refractivity contribution in [2.45, 2.75) is 18.6 Å². The number of Topliss-reactive ketones (excluding diaryl/α,β-unsaturated/α-hetero) is 1. The standard InChI is InChI=1S/C24H17BrClNO5/c25-16-6-7-19-17(10-16)24(30,23(29)27(19)12-15-3-1-2-4-18(15)26)11-20(28)14-5-8-21-22(9-14)32-13-31-21/h1-10,30H,11-13H2. The van der Waals surface area contributed by atoms with E-state index in [1.807, 2.05) is 18.2 Å². The molecule has 3 aromatic carbocycles. The van der Waals surface area contributed by atoms with Gasteiger partial charge in [-0.25, -0.2) is 0 Å². The molecule has 1 unspecified atom stereocenters. The van der Waals surface area contributed by atoms with Gasteiger partial charge in [0.25, 0.3) is 5.91 Å². The number of aliphatic hydroxyl groups is 1. The average molecular weight is 515 g/mol. The summed E-state index contributed by atoms with van der Waals surface area (Å²) < 4.78 is 11.3. The lowest BCUT2D eigenvalue weighted by Gasteiger charge is -2.23. The summed E-state index contributed by atoms with van der Waals surface area (Å²) in [4.78, 5) is 28.1. The van der Waals surface area contributed by atoms with Gasteiger partial charge in [0.15, 0.2) is 22.9 Å². The van der Waals surface area contributed by atoms with Crippen molar-refractivity contribution in [3.63, 3.8) is 0 Å². The lowest BCUT2D eigenvalue weighted by Crippen LogP contribution is -2.41. The second kappa shape index (κ2) is 7.92. The van der Waals surface area contributed by atoms with Gasteiger partial charge >= 0.3 is 0 Å². The van der Waals surface area contributed by atoms with Crippen LogP contribution >= 0.6 is 27.5 Å². The fraction of sp³-hybridized carbons (Fsp3) is 0.167. The van der Waals surface area contributed by atoms with Gasteiger partial charge in [-0.05, 0) is 48.0 Å². The van der Waals surface area contributed by atoms with E-state index in [1.54, 1.807) is 42.5 Å². The SMILES string of the molecule is O=C(CC1(O)C(=O)N(Cc2ccccc2Cl)c2ccc(Br)cc21)c1ccc2c(c1)OCO2. The maximum absolute atomic E-state index is 13.5. The second-order valence-electron chi connectivity index (χ2n) is 7.67. The minimum Gasteiger partial charge on any atom is -0.454 e. The van der Waals surface area contributed by atoms with E-state index in [2.05, 4.69) is 15.9 Å². The molecule has 0 aliphatic carbocycles. The van der Waals surface area contributed by atoms with Gasteiger partial charge in [-0.2, -0.15) is 0 Å². The molecule has 6 nitrogen and oxygen atoms in total. The van der Waals surface area contributed by atoms with Crippen LogP contribution in [-0.4, -0.2) is 23.6 Å². The third-order valence-corrected chi connectivity index (χ3v) is 6.55. The summed E-state index contributed by atoms with van der Waals surface area (Å²) in [5.74, 6) is 0.0609. The Kier molecular flexibility index (Phi) is 5.20. The Morgan fingerprint density at radius 2 is 1.88 bits per heavy atom. The Morgan fingerprint density at radius 3 is 2.69 bits per heavy atom. The summed E-state index contributed by atoms with van der Waals surface area (Å²) in [6.45, 7) is 0.265. The molecule has 2 aliphatic heterocycles. The number of amides is 1. The van der Waals surface area contributed by atoms with Gasteiger partial charge in [-0.15, -0.1) is 0 Å². The van der Waals surface area contributed by atoms with Crippen molar-refractivity contribution in [2.75, 3.05) is 11.7 Å². The van der Waals surface area contributed by atoms with E-state index in [4.69, 9.17) is 21.1 Å². The number of ether oxygens (including phenoxy) is 2. The number of carbonyl (C=O) groups excluding carboxylic acids is 2. The van der Waals surface area contributed by atoms with E-state index in [-0.39, 0.29) is 19.1 Å². The first kappa shape index (κ1) is 21.0. The Bertz CT molecular complexity index is 1260. The highest BCUT2D eigenvalue weighted by Gasteiger charge is 2.51. The number of halogens is 2. The topological polar surface area (TPSA) is 76.1 Å². The van der Waals surface area contributed by atoms with Crippen molar-refractivity contribution in [3.8, 4) is 11.5 Å². The number of anilines is 1. The van der Waals surface area contributed by atoms with Gasteiger partial charge in [0.2, 0.25) is 6.79 Å². The van der Waals surface area contributed by atoms with Gasteiger partial charge in [0, 0.05) is 20.6 Å². The zero-order valence-electron chi connectivity index (χ0n) is 16.7. The van der Waals surface area contributed by atoms with Gasteiger partial charge < -0.3 is 19.5 Å². The normalized spacial score (nSPS) is 18.7. The first-order valence-electron chi connectivity index (χ1n) is 9.87. The van der Waals surface area contributed by atoms with Crippen LogP contribution in [0, 0.1) is 0 Å². The monoisotopic (exact) mass is 513 g/mol. The molecule has 0 saturated heterocycles. The van der Waals surface area contributed by atoms with Crippen molar-refractivity contribution in [2.24, 2.45) is 0 Å². The van der Waals surface area contributed by atoms with E-state index >= 15 is 0 Å². The zero-order chi connectivity index (χ0) is 22.5. The van der Waals surface area contributed by atoms with Crippen molar-refractivity contribution in [1.29, 1.82) is 0 Å². The summed E-state index contributed by atoms with van der Waals surface area (Å²) in [5, 5.41) is 12.1. The van der Waals surface area contributed by atoms with Gasteiger partial charge in [0.05, 0.1) is 18.7 Å². The maximum atomic E-state index is 13.5. The molecular weight excluding hydrogens is 498 g/mol. The molecule has 8 heteroatoms. The first-order chi connectivity index (χ1) is 15.4. The van der Waals surface area contributed by atoms with Crippen molar-refractivity contribution < 1.29 is 24.2 Å². The fourth-order valence-electron chi connectivity index (χ4n) is 4.05.